The summed E-state index contributed by atoms with van der Waals surface area (Å²) < 4.78 is 161. The number of carbonyl (C=O) groups is 1. The number of hydrogen-bond donors (Lipinski definition) is 0. The van der Waals surface area contributed by atoms with E-state index in [1.807, 2.05) is 12.1 Å². The highest BCUT2D eigenvalue weighted by molar-refractivity contribution is 7.92. The molecule has 7 nitrogen and oxygen atoms in total. The summed E-state index contributed by atoms with van der Waals surface area (Å²) in [5.41, 5.74) is -7.13. The number of ether oxygens (including phenoxy) is 1. The van der Waals surface area contributed by atoms with Crippen molar-refractivity contribution >= 4 is 21.4 Å². The molecular formula is C37H32F9N3O4S. The Labute approximate surface area is 304 Å². The smallest absolute Gasteiger partial charge is 0.371 e. The lowest BCUT2D eigenvalue weighted by molar-refractivity contribution is -0.392. The number of nitrogens with zero attached hydrogens (tertiary/aromatic N) is 3. The second kappa shape index (κ2) is 14.5. The van der Waals surface area contributed by atoms with Crippen molar-refractivity contribution in [2.75, 3.05) is 31.1 Å². The summed E-state index contributed by atoms with van der Waals surface area (Å²) in [6.45, 7) is -1.35. The summed E-state index contributed by atoms with van der Waals surface area (Å²) in [6.07, 6.45) is -8.62. The van der Waals surface area contributed by atoms with Gasteiger partial charge in [-0.05, 0) is 73.4 Å². The van der Waals surface area contributed by atoms with Crippen molar-refractivity contribution in [2.24, 2.45) is 5.92 Å². The number of halogens is 9. The van der Waals surface area contributed by atoms with E-state index in [-0.39, 0.29) is 29.3 Å². The predicted octanol–water partition coefficient (Wildman–Crippen LogP) is 7.85. The Morgan fingerprint density at radius 1 is 0.796 bits per heavy atom. The number of amides is 1. The van der Waals surface area contributed by atoms with Gasteiger partial charge in [0.1, 0.15) is 22.2 Å². The normalized spacial score (nSPS) is 19.0. The lowest BCUT2D eigenvalue weighted by atomic mass is 9.88. The second-order valence-electron chi connectivity index (χ2n) is 13.2. The third kappa shape index (κ3) is 6.91. The van der Waals surface area contributed by atoms with E-state index in [0.717, 1.165) is 48.2 Å². The molecule has 2 aliphatic rings. The second-order valence-corrected chi connectivity index (χ2v) is 15.4. The molecule has 1 amide bonds. The molecule has 3 aromatic carbocycles. The summed E-state index contributed by atoms with van der Waals surface area (Å²) in [5.74, 6) is -4.49. The Balaban J connectivity index is 1.35. The molecule has 0 aliphatic carbocycles. The van der Waals surface area contributed by atoms with Gasteiger partial charge in [-0.3, -0.25) is 9.78 Å². The molecule has 17 heteroatoms. The maximum atomic E-state index is 14.6. The largest absolute Gasteiger partial charge is 0.430 e. The van der Waals surface area contributed by atoms with Gasteiger partial charge >= 0.3 is 12.4 Å². The van der Waals surface area contributed by atoms with Crippen LogP contribution in [0.2, 0.25) is 0 Å². The van der Waals surface area contributed by atoms with Gasteiger partial charge in [-0.25, -0.2) is 21.6 Å². The highest BCUT2D eigenvalue weighted by Gasteiger charge is 2.73. The van der Waals surface area contributed by atoms with Crippen LogP contribution in [0.4, 0.5) is 45.2 Å². The highest BCUT2D eigenvalue weighted by Crippen LogP contribution is 2.54. The van der Waals surface area contributed by atoms with E-state index < -0.39 is 80.2 Å². The average molecular weight is 786 g/mol. The minimum absolute atomic E-state index is 0.113. The van der Waals surface area contributed by atoms with E-state index in [9.17, 15) is 52.7 Å². The van der Waals surface area contributed by atoms with E-state index >= 15 is 0 Å². The first-order valence-electron chi connectivity index (χ1n) is 16.7. The topological polar surface area (TPSA) is 79.8 Å². The van der Waals surface area contributed by atoms with Crippen molar-refractivity contribution in [3.05, 3.63) is 125 Å². The zero-order valence-electron chi connectivity index (χ0n) is 28.2. The van der Waals surface area contributed by atoms with Crippen molar-refractivity contribution in [2.45, 2.75) is 53.5 Å². The summed E-state index contributed by atoms with van der Waals surface area (Å²) >= 11 is 0. The summed E-state index contributed by atoms with van der Waals surface area (Å²) in [6, 6.07) is 11.9. The number of sulfone groups is 1. The Hall–Kier alpha value is -4.64. The van der Waals surface area contributed by atoms with Crippen LogP contribution < -0.4 is 4.90 Å². The van der Waals surface area contributed by atoms with Crippen LogP contribution in [-0.2, 0) is 36.3 Å². The lowest BCUT2D eigenvalue weighted by Gasteiger charge is -2.38. The van der Waals surface area contributed by atoms with Gasteiger partial charge in [-0.1, -0.05) is 30.3 Å². The molecule has 0 saturated carbocycles. The number of rotatable bonds is 9. The first-order valence-corrected chi connectivity index (χ1v) is 18.1. The van der Waals surface area contributed by atoms with Crippen LogP contribution in [0, 0.1) is 23.4 Å². The molecule has 6 rings (SSSR count). The van der Waals surface area contributed by atoms with E-state index in [1.165, 1.54) is 4.90 Å². The fourth-order valence-electron chi connectivity index (χ4n) is 7.21. The molecule has 54 heavy (non-hydrogen) atoms. The molecule has 4 aromatic rings. The zero-order valence-corrected chi connectivity index (χ0v) is 29.0. The summed E-state index contributed by atoms with van der Waals surface area (Å²) in [5, 5.41) is 0. The van der Waals surface area contributed by atoms with E-state index in [0.29, 0.717) is 50.2 Å². The number of carbonyl (C=O) groups excluding carboxylic acids is 1. The van der Waals surface area contributed by atoms with Gasteiger partial charge in [0.05, 0.1) is 11.5 Å². The Kier molecular flexibility index (Phi) is 10.5. The minimum Gasteiger partial charge on any atom is -0.371 e. The maximum absolute atomic E-state index is 14.6. The number of hydrogen-bond acceptors (Lipinski definition) is 6. The predicted molar refractivity (Wildman–Crippen MR) is 177 cm³/mol. The van der Waals surface area contributed by atoms with Gasteiger partial charge in [0, 0.05) is 61.3 Å². The van der Waals surface area contributed by atoms with Gasteiger partial charge in [0.2, 0.25) is 5.91 Å². The third-order valence-electron chi connectivity index (χ3n) is 10.2. The van der Waals surface area contributed by atoms with Gasteiger partial charge in [0.15, 0.2) is 9.84 Å². The zero-order chi connectivity index (χ0) is 39.1. The van der Waals surface area contributed by atoms with Crippen LogP contribution in [0.15, 0.2) is 96.2 Å². The fourth-order valence-corrected chi connectivity index (χ4v) is 9.29. The quantitative estimate of drug-likeness (QED) is 0.127. The molecule has 0 bridgehead atoms. The molecule has 1 aromatic heterocycles. The number of pyridine rings is 1. The number of aromatic nitrogens is 1. The Bertz CT molecular complexity index is 2040. The Morgan fingerprint density at radius 2 is 1.37 bits per heavy atom. The molecule has 0 N–H and O–H groups in total. The van der Waals surface area contributed by atoms with Crippen LogP contribution in [0.5, 0.6) is 0 Å². The maximum Gasteiger partial charge on any atom is 0.430 e. The van der Waals surface area contributed by atoms with Crippen LogP contribution in [0.3, 0.4) is 0 Å². The van der Waals surface area contributed by atoms with Gasteiger partial charge in [0.25, 0.3) is 5.60 Å². The van der Waals surface area contributed by atoms with Crippen molar-refractivity contribution in [3.8, 4) is 0 Å². The van der Waals surface area contributed by atoms with Gasteiger partial charge < -0.3 is 14.5 Å². The van der Waals surface area contributed by atoms with Crippen LogP contribution in [0.1, 0.15) is 36.0 Å². The van der Waals surface area contributed by atoms with Crippen LogP contribution in [0.25, 0.3) is 0 Å². The number of piperidine rings is 1. The monoisotopic (exact) mass is 785 g/mol. The molecule has 0 radical (unpaired) electrons. The highest BCUT2D eigenvalue weighted by atomic mass is 32.2. The van der Waals surface area contributed by atoms with Crippen molar-refractivity contribution < 1.29 is 57.5 Å². The number of likely N-dealkylation sites (tertiary alicyclic amines) is 1. The number of anilines is 1. The fraction of sp³-hybridized carbons (Fsp3) is 0.351. The Morgan fingerprint density at radius 3 is 1.93 bits per heavy atom. The van der Waals surface area contributed by atoms with Gasteiger partial charge in [-0.15, -0.1) is 0 Å². The summed E-state index contributed by atoms with van der Waals surface area (Å²) in [4.78, 5) is 20.8. The first-order chi connectivity index (χ1) is 25.4. The molecule has 1 atom stereocenters. The number of benzene rings is 3. The third-order valence-corrected chi connectivity index (χ3v) is 12.7. The van der Waals surface area contributed by atoms with E-state index in [1.54, 1.807) is 12.4 Å². The van der Waals surface area contributed by atoms with Crippen molar-refractivity contribution in [1.29, 1.82) is 0 Å². The van der Waals surface area contributed by atoms with Crippen molar-refractivity contribution in [3.63, 3.8) is 0 Å². The minimum atomic E-state index is -6.23. The standard InChI is InChI=1S/C37H32F9N3O4S/c38-27-8-10-29(11-9-27)54(51,52)34(16-21-49(23-34)33(50)24-14-19-48(20-15-24)28-12-17-47-18-13-28)25-4-6-26(7-5-25)35(36(41,42)43,37(44,45)46)53-22-30-31(39)2-1-3-32(30)40/h1-13,17-18,24H,14-16,19-23H2/t34-/m0/s1. The summed E-state index contributed by atoms with van der Waals surface area (Å²) in [7, 11) is -4.61. The van der Waals surface area contributed by atoms with Gasteiger partial charge in [-0.2, -0.15) is 26.3 Å². The molecule has 288 valence electrons. The first kappa shape index (κ1) is 39.1. The molecule has 2 aliphatic heterocycles. The molecule has 0 unspecified atom stereocenters. The lowest BCUT2D eigenvalue weighted by Crippen LogP contribution is -2.56. The molecule has 2 fully saturated rings. The molecular weight excluding hydrogens is 753 g/mol. The molecule has 0 spiro atoms. The SMILES string of the molecule is O=C(C1CCN(c2ccncc2)CC1)N1CC[C@](c2ccc(C(OCc3c(F)cccc3F)(C(F)(F)F)C(F)(F)F)cc2)(S(=O)(=O)c2ccc(F)cc2)C1. The van der Waals surface area contributed by atoms with E-state index in [4.69, 9.17) is 0 Å². The number of alkyl halides is 6. The average Bonchev–Trinajstić information content (AvgIpc) is 3.60. The van der Waals surface area contributed by atoms with Crippen molar-refractivity contribution in [1.82, 2.24) is 9.88 Å². The van der Waals surface area contributed by atoms with E-state index in [2.05, 4.69) is 14.6 Å². The van der Waals surface area contributed by atoms with Crippen LogP contribution in [-0.4, -0.2) is 62.7 Å². The molecule has 2 saturated heterocycles. The molecule has 3 heterocycles. The van der Waals surface area contributed by atoms with Crippen LogP contribution >= 0.6 is 0 Å².